The van der Waals surface area contributed by atoms with Crippen molar-refractivity contribution in [2.24, 2.45) is 0 Å². The summed E-state index contributed by atoms with van der Waals surface area (Å²) in [6.07, 6.45) is 0. The predicted octanol–water partition coefficient (Wildman–Crippen LogP) is 0.765. The molecule has 1 N–H and O–H groups in total. The number of carbonyl (C=O) groups is 1. The molecule has 0 atom stereocenters. The third kappa shape index (κ3) is 4.02. The number of rotatable bonds is 5. The Balaban J connectivity index is 2.83. The van der Waals surface area contributed by atoms with Crippen molar-refractivity contribution < 1.29 is 13.2 Å². The fourth-order valence-corrected chi connectivity index (χ4v) is 3.77. The Morgan fingerprint density at radius 2 is 2.16 bits per heavy atom. The highest BCUT2D eigenvalue weighted by Crippen LogP contribution is 2.23. The molecular formula is C11H15N3O3S2. The van der Waals surface area contributed by atoms with Crippen LogP contribution in [-0.4, -0.2) is 38.3 Å². The number of likely N-dealkylation sites (N-methyl/N-ethyl adjacent to an activating group) is 1. The zero-order valence-electron chi connectivity index (χ0n) is 10.9. The van der Waals surface area contributed by atoms with Crippen molar-refractivity contribution in [3.05, 3.63) is 17.0 Å². The summed E-state index contributed by atoms with van der Waals surface area (Å²) in [5, 5.41) is 11.3. The van der Waals surface area contributed by atoms with E-state index in [1.807, 2.05) is 6.07 Å². The first-order valence-corrected chi connectivity index (χ1v) is 7.78. The Bertz CT molecular complexity index is 599. The van der Waals surface area contributed by atoms with Gasteiger partial charge in [0.1, 0.15) is 15.2 Å². The van der Waals surface area contributed by atoms with Crippen LogP contribution in [0.15, 0.2) is 16.3 Å². The summed E-state index contributed by atoms with van der Waals surface area (Å²) < 4.78 is 25.3. The van der Waals surface area contributed by atoms with Crippen molar-refractivity contribution in [2.45, 2.75) is 24.1 Å². The Labute approximate surface area is 116 Å². The maximum atomic E-state index is 12.1. The number of sulfonamides is 1. The highest BCUT2D eigenvalue weighted by atomic mass is 32.2. The van der Waals surface area contributed by atoms with Crippen molar-refractivity contribution >= 4 is 27.3 Å². The van der Waals surface area contributed by atoms with Gasteiger partial charge in [0.25, 0.3) is 10.0 Å². The molecule has 0 saturated heterocycles. The van der Waals surface area contributed by atoms with Gasteiger partial charge in [-0.25, -0.2) is 8.42 Å². The zero-order valence-corrected chi connectivity index (χ0v) is 12.5. The number of amides is 1. The van der Waals surface area contributed by atoms with Gasteiger partial charge in [-0.15, -0.1) is 11.3 Å². The van der Waals surface area contributed by atoms with E-state index in [1.54, 1.807) is 13.8 Å². The van der Waals surface area contributed by atoms with E-state index in [1.165, 1.54) is 19.2 Å². The first-order chi connectivity index (χ1) is 8.77. The van der Waals surface area contributed by atoms with E-state index in [2.05, 4.69) is 5.32 Å². The standard InChI is InChI=1S/C11H15N3O3S2/c1-8(2)13-10(15)7-14(3)19(16,17)11-5-4-9(6-12)18-11/h4-5,8H,7H2,1-3H3,(H,13,15). The average molecular weight is 301 g/mol. The van der Waals surface area contributed by atoms with Crippen molar-refractivity contribution in [3.63, 3.8) is 0 Å². The highest BCUT2D eigenvalue weighted by molar-refractivity contribution is 7.91. The summed E-state index contributed by atoms with van der Waals surface area (Å²) in [6, 6.07) is 4.65. The fraction of sp³-hybridized carbons (Fsp3) is 0.455. The minimum atomic E-state index is -3.72. The molecule has 1 amide bonds. The molecule has 0 aromatic carbocycles. The normalized spacial score (nSPS) is 11.6. The van der Waals surface area contributed by atoms with Gasteiger partial charge in [-0.05, 0) is 26.0 Å². The Morgan fingerprint density at radius 3 is 2.63 bits per heavy atom. The molecule has 0 fully saturated rings. The minimum Gasteiger partial charge on any atom is -0.353 e. The average Bonchev–Trinajstić information content (AvgIpc) is 2.76. The van der Waals surface area contributed by atoms with Crippen LogP contribution in [0.2, 0.25) is 0 Å². The number of carbonyl (C=O) groups excluding carboxylic acids is 1. The summed E-state index contributed by atoms with van der Waals surface area (Å²) >= 11 is 0.887. The fourth-order valence-electron chi connectivity index (χ4n) is 1.33. The van der Waals surface area contributed by atoms with Gasteiger partial charge in [0.15, 0.2) is 0 Å². The number of nitrogens with one attached hydrogen (secondary N) is 1. The molecule has 0 spiro atoms. The molecule has 6 nitrogen and oxygen atoms in total. The Hall–Kier alpha value is -1.43. The molecule has 8 heteroatoms. The number of thiophene rings is 1. The van der Waals surface area contributed by atoms with E-state index in [0.29, 0.717) is 4.88 Å². The lowest BCUT2D eigenvalue weighted by molar-refractivity contribution is -0.121. The van der Waals surface area contributed by atoms with Crippen molar-refractivity contribution in [2.75, 3.05) is 13.6 Å². The van der Waals surface area contributed by atoms with E-state index < -0.39 is 10.0 Å². The van der Waals surface area contributed by atoms with Crippen LogP contribution in [0.5, 0.6) is 0 Å². The van der Waals surface area contributed by atoms with E-state index in [9.17, 15) is 13.2 Å². The van der Waals surface area contributed by atoms with E-state index in [-0.39, 0.29) is 22.7 Å². The SMILES string of the molecule is CC(C)NC(=O)CN(C)S(=O)(=O)c1ccc(C#N)s1. The molecule has 0 radical (unpaired) electrons. The summed E-state index contributed by atoms with van der Waals surface area (Å²) in [4.78, 5) is 11.9. The van der Waals surface area contributed by atoms with Crippen molar-refractivity contribution in [3.8, 4) is 6.07 Å². The van der Waals surface area contributed by atoms with Gasteiger partial charge in [-0.3, -0.25) is 4.79 Å². The van der Waals surface area contributed by atoms with Crippen LogP contribution in [-0.2, 0) is 14.8 Å². The molecule has 104 valence electrons. The van der Waals surface area contributed by atoms with Crippen LogP contribution < -0.4 is 5.32 Å². The van der Waals surface area contributed by atoms with Crippen LogP contribution in [0, 0.1) is 11.3 Å². The molecule has 0 unspecified atom stereocenters. The maximum absolute atomic E-state index is 12.1. The first-order valence-electron chi connectivity index (χ1n) is 5.53. The van der Waals surface area contributed by atoms with Gasteiger partial charge in [-0.1, -0.05) is 0 Å². The molecule has 1 heterocycles. The molecule has 0 aliphatic rings. The van der Waals surface area contributed by atoms with Gasteiger partial charge < -0.3 is 5.32 Å². The second-order valence-electron chi connectivity index (χ2n) is 4.21. The second kappa shape index (κ2) is 6.14. The molecule has 0 saturated carbocycles. The second-order valence-corrected chi connectivity index (χ2v) is 7.57. The minimum absolute atomic E-state index is 0.0458. The summed E-state index contributed by atoms with van der Waals surface area (Å²) in [5.41, 5.74) is 0. The van der Waals surface area contributed by atoms with E-state index in [4.69, 9.17) is 5.26 Å². The van der Waals surface area contributed by atoms with E-state index >= 15 is 0 Å². The molecule has 0 aliphatic heterocycles. The number of nitrogens with zero attached hydrogens (tertiary/aromatic N) is 2. The van der Waals surface area contributed by atoms with Crippen LogP contribution in [0.3, 0.4) is 0 Å². The molecule has 1 rings (SSSR count). The summed E-state index contributed by atoms with van der Waals surface area (Å²) in [5.74, 6) is -0.363. The van der Waals surface area contributed by atoms with Gasteiger partial charge in [-0.2, -0.15) is 9.57 Å². The largest absolute Gasteiger partial charge is 0.353 e. The quantitative estimate of drug-likeness (QED) is 0.869. The number of hydrogen-bond donors (Lipinski definition) is 1. The van der Waals surface area contributed by atoms with Crippen LogP contribution in [0.25, 0.3) is 0 Å². The lowest BCUT2D eigenvalue weighted by atomic mass is 10.4. The zero-order chi connectivity index (χ0) is 14.6. The molecular weight excluding hydrogens is 286 g/mol. The van der Waals surface area contributed by atoms with Gasteiger partial charge in [0.2, 0.25) is 5.91 Å². The lowest BCUT2D eigenvalue weighted by Crippen LogP contribution is -2.40. The monoisotopic (exact) mass is 301 g/mol. The van der Waals surface area contributed by atoms with Gasteiger partial charge >= 0.3 is 0 Å². The summed E-state index contributed by atoms with van der Waals surface area (Å²) in [7, 11) is -2.38. The number of nitriles is 1. The number of hydrogen-bond acceptors (Lipinski definition) is 5. The third-order valence-electron chi connectivity index (χ3n) is 2.17. The molecule has 19 heavy (non-hydrogen) atoms. The topological polar surface area (TPSA) is 90.3 Å². The first kappa shape index (κ1) is 15.6. The molecule has 0 aliphatic carbocycles. The van der Waals surface area contributed by atoms with Crippen LogP contribution in [0.4, 0.5) is 0 Å². The van der Waals surface area contributed by atoms with Crippen molar-refractivity contribution in [1.82, 2.24) is 9.62 Å². The predicted molar refractivity (Wildman–Crippen MR) is 72.1 cm³/mol. The molecule has 1 aromatic heterocycles. The van der Waals surface area contributed by atoms with Gasteiger partial charge in [0, 0.05) is 13.1 Å². The smallest absolute Gasteiger partial charge is 0.252 e. The van der Waals surface area contributed by atoms with Gasteiger partial charge in [0.05, 0.1) is 6.54 Å². The molecule has 0 bridgehead atoms. The van der Waals surface area contributed by atoms with Crippen LogP contribution in [0.1, 0.15) is 18.7 Å². The van der Waals surface area contributed by atoms with Crippen LogP contribution >= 0.6 is 11.3 Å². The Kier molecular flexibility index (Phi) is 5.05. The Morgan fingerprint density at radius 1 is 1.53 bits per heavy atom. The third-order valence-corrected chi connectivity index (χ3v) is 5.43. The van der Waals surface area contributed by atoms with Crippen molar-refractivity contribution in [1.29, 1.82) is 5.26 Å². The molecule has 1 aromatic rings. The summed E-state index contributed by atoms with van der Waals surface area (Å²) in [6.45, 7) is 3.34. The lowest BCUT2D eigenvalue weighted by Gasteiger charge is -2.16. The maximum Gasteiger partial charge on any atom is 0.252 e. The highest BCUT2D eigenvalue weighted by Gasteiger charge is 2.24. The van der Waals surface area contributed by atoms with E-state index in [0.717, 1.165) is 15.6 Å².